The molecule has 0 bridgehead atoms. The summed E-state index contributed by atoms with van der Waals surface area (Å²) >= 11 is 0. The third kappa shape index (κ3) is 5.12. The van der Waals surface area contributed by atoms with Crippen LogP contribution in [0.15, 0.2) is 59.5 Å². The highest BCUT2D eigenvalue weighted by atomic mass is 32.2. The minimum atomic E-state index is -3.57. The Bertz CT molecular complexity index is 1080. The van der Waals surface area contributed by atoms with Gasteiger partial charge in [-0.05, 0) is 54.7 Å². The van der Waals surface area contributed by atoms with Crippen molar-refractivity contribution in [3.63, 3.8) is 0 Å². The molecule has 33 heavy (non-hydrogen) atoms. The molecular weight excluding hydrogens is 438 g/mol. The second-order valence-corrected chi connectivity index (χ2v) is 11.2. The second-order valence-electron chi connectivity index (χ2n) is 9.24. The van der Waals surface area contributed by atoms with Crippen molar-refractivity contribution in [2.24, 2.45) is 11.8 Å². The average molecular weight is 470 g/mol. The van der Waals surface area contributed by atoms with Gasteiger partial charge in [-0.2, -0.15) is 4.31 Å². The van der Waals surface area contributed by atoms with E-state index in [0.717, 1.165) is 6.42 Å². The molecule has 0 unspecified atom stereocenters. The molecule has 176 valence electrons. The second kappa shape index (κ2) is 9.65. The zero-order chi connectivity index (χ0) is 23.6. The summed E-state index contributed by atoms with van der Waals surface area (Å²) in [4.78, 5) is 29.3. The number of rotatable bonds is 4. The molecule has 2 amide bonds. The largest absolute Gasteiger partial charge is 0.335 e. The SMILES string of the molecule is C[C@@H]1C[C@H](C)CN(S(=O)(=O)c2ccc(C(=O)N3CCN(C(=O)c4ccccc4)CC3)cc2)C1. The number of carbonyl (C=O) groups excluding carboxylic acids is 2. The van der Waals surface area contributed by atoms with Crippen molar-refractivity contribution in [1.82, 2.24) is 14.1 Å². The number of piperidine rings is 1. The van der Waals surface area contributed by atoms with E-state index in [1.165, 1.54) is 12.1 Å². The van der Waals surface area contributed by atoms with Crippen molar-refractivity contribution in [3.05, 3.63) is 65.7 Å². The Morgan fingerprint density at radius 3 is 1.67 bits per heavy atom. The van der Waals surface area contributed by atoms with Crippen LogP contribution >= 0.6 is 0 Å². The lowest BCUT2D eigenvalue weighted by Gasteiger charge is -2.35. The third-order valence-corrected chi connectivity index (χ3v) is 8.30. The van der Waals surface area contributed by atoms with E-state index in [-0.39, 0.29) is 16.7 Å². The van der Waals surface area contributed by atoms with E-state index in [2.05, 4.69) is 13.8 Å². The van der Waals surface area contributed by atoms with Gasteiger partial charge in [0.15, 0.2) is 0 Å². The highest BCUT2D eigenvalue weighted by molar-refractivity contribution is 7.89. The molecule has 2 heterocycles. The fourth-order valence-corrected chi connectivity index (χ4v) is 6.46. The zero-order valence-corrected chi connectivity index (χ0v) is 20.0. The number of carbonyl (C=O) groups is 2. The molecule has 0 radical (unpaired) electrons. The maximum Gasteiger partial charge on any atom is 0.253 e. The minimum absolute atomic E-state index is 0.0291. The molecule has 2 aromatic carbocycles. The summed E-state index contributed by atoms with van der Waals surface area (Å²) in [5.41, 5.74) is 1.10. The number of benzene rings is 2. The van der Waals surface area contributed by atoms with Gasteiger partial charge in [-0.25, -0.2) is 8.42 Å². The lowest BCUT2D eigenvalue weighted by atomic mass is 9.94. The van der Waals surface area contributed by atoms with E-state index in [9.17, 15) is 18.0 Å². The molecule has 2 aliphatic rings. The van der Waals surface area contributed by atoms with Crippen molar-refractivity contribution < 1.29 is 18.0 Å². The molecule has 8 heteroatoms. The van der Waals surface area contributed by atoms with Crippen LogP contribution < -0.4 is 0 Å². The van der Waals surface area contributed by atoms with E-state index >= 15 is 0 Å². The number of hydrogen-bond donors (Lipinski definition) is 0. The number of hydrogen-bond acceptors (Lipinski definition) is 4. The zero-order valence-electron chi connectivity index (χ0n) is 19.2. The van der Waals surface area contributed by atoms with Crippen molar-refractivity contribution in [2.75, 3.05) is 39.3 Å². The topological polar surface area (TPSA) is 78.0 Å². The summed E-state index contributed by atoms with van der Waals surface area (Å²) < 4.78 is 27.7. The normalized spacial score (nSPS) is 22.2. The molecule has 2 atom stereocenters. The quantitative estimate of drug-likeness (QED) is 0.690. The van der Waals surface area contributed by atoms with Crippen LogP contribution in [-0.4, -0.2) is 73.6 Å². The summed E-state index contributed by atoms with van der Waals surface area (Å²) in [5.74, 6) is 0.484. The van der Waals surface area contributed by atoms with Gasteiger partial charge in [0, 0.05) is 50.4 Å². The van der Waals surface area contributed by atoms with Crippen molar-refractivity contribution >= 4 is 21.8 Å². The molecule has 2 saturated heterocycles. The van der Waals surface area contributed by atoms with Crippen LogP contribution in [0.1, 0.15) is 41.0 Å². The number of nitrogens with zero attached hydrogens (tertiary/aromatic N) is 3. The Balaban J connectivity index is 1.38. The van der Waals surface area contributed by atoms with Gasteiger partial charge >= 0.3 is 0 Å². The molecule has 0 spiro atoms. The van der Waals surface area contributed by atoms with E-state index in [1.54, 1.807) is 38.4 Å². The smallest absolute Gasteiger partial charge is 0.253 e. The average Bonchev–Trinajstić information content (AvgIpc) is 2.83. The maximum absolute atomic E-state index is 13.1. The molecule has 4 rings (SSSR count). The van der Waals surface area contributed by atoms with Crippen LogP contribution in [0.3, 0.4) is 0 Å². The lowest BCUT2D eigenvalue weighted by Crippen LogP contribution is -2.50. The van der Waals surface area contributed by atoms with Gasteiger partial charge in [0.25, 0.3) is 11.8 Å². The highest BCUT2D eigenvalue weighted by Gasteiger charge is 2.32. The summed E-state index contributed by atoms with van der Waals surface area (Å²) in [5, 5.41) is 0. The molecule has 0 N–H and O–H groups in total. The Hall–Kier alpha value is -2.71. The fourth-order valence-electron chi connectivity index (χ4n) is 4.78. The molecule has 2 aliphatic heterocycles. The van der Waals surface area contributed by atoms with Crippen LogP contribution in [-0.2, 0) is 10.0 Å². The number of sulfonamides is 1. The van der Waals surface area contributed by atoms with E-state index in [4.69, 9.17) is 0 Å². The lowest BCUT2D eigenvalue weighted by molar-refractivity contribution is 0.0535. The minimum Gasteiger partial charge on any atom is -0.335 e. The van der Waals surface area contributed by atoms with Crippen molar-refractivity contribution in [3.8, 4) is 0 Å². The summed E-state index contributed by atoms with van der Waals surface area (Å²) in [6.07, 6.45) is 1.03. The maximum atomic E-state index is 13.1. The van der Waals surface area contributed by atoms with Crippen molar-refractivity contribution in [2.45, 2.75) is 25.2 Å². The molecule has 2 fully saturated rings. The molecular formula is C25H31N3O4S. The Morgan fingerprint density at radius 2 is 1.18 bits per heavy atom. The van der Waals surface area contributed by atoms with Crippen molar-refractivity contribution in [1.29, 1.82) is 0 Å². The first-order valence-corrected chi connectivity index (χ1v) is 12.9. The van der Waals surface area contributed by atoms with E-state index in [1.807, 2.05) is 18.2 Å². The van der Waals surface area contributed by atoms with E-state index < -0.39 is 10.0 Å². The van der Waals surface area contributed by atoms with Gasteiger partial charge < -0.3 is 9.80 Å². The Morgan fingerprint density at radius 1 is 0.727 bits per heavy atom. The summed E-state index contributed by atoms with van der Waals surface area (Å²) in [7, 11) is -3.57. The highest BCUT2D eigenvalue weighted by Crippen LogP contribution is 2.27. The van der Waals surface area contributed by atoms with Crippen LogP contribution in [0.25, 0.3) is 0 Å². The fraction of sp³-hybridized carbons (Fsp3) is 0.440. The van der Waals surface area contributed by atoms with Crippen LogP contribution in [0.5, 0.6) is 0 Å². The Labute approximate surface area is 196 Å². The van der Waals surface area contributed by atoms with E-state index in [0.29, 0.717) is 62.2 Å². The monoisotopic (exact) mass is 469 g/mol. The third-order valence-electron chi connectivity index (χ3n) is 6.45. The molecule has 0 aromatic heterocycles. The van der Waals surface area contributed by atoms with Gasteiger partial charge in [-0.1, -0.05) is 32.0 Å². The first-order chi connectivity index (χ1) is 15.8. The van der Waals surface area contributed by atoms with Crippen LogP contribution in [0, 0.1) is 11.8 Å². The van der Waals surface area contributed by atoms with Crippen LogP contribution in [0.2, 0.25) is 0 Å². The predicted octanol–water partition coefficient (Wildman–Crippen LogP) is 2.95. The predicted molar refractivity (Wildman–Crippen MR) is 126 cm³/mol. The van der Waals surface area contributed by atoms with Gasteiger partial charge in [0.2, 0.25) is 10.0 Å². The summed E-state index contributed by atoms with van der Waals surface area (Å²) in [6, 6.07) is 15.4. The van der Waals surface area contributed by atoms with Gasteiger partial charge in [0.05, 0.1) is 4.90 Å². The summed E-state index contributed by atoms with van der Waals surface area (Å²) in [6.45, 7) is 7.04. The first-order valence-electron chi connectivity index (χ1n) is 11.5. The molecule has 0 aliphatic carbocycles. The molecule has 7 nitrogen and oxygen atoms in total. The first kappa shape index (κ1) is 23.4. The Kier molecular flexibility index (Phi) is 6.86. The van der Waals surface area contributed by atoms with Gasteiger partial charge in [0.1, 0.15) is 0 Å². The molecule has 2 aromatic rings. The number of piperazine rings is 1. The van der Waals surface area contributed by atoms with Gasteiger partial charge in [-0.3, -0.25) is 9.59 Å². The van der Waals surface area contributed by atoms with Crippen LogP contribution in [0.4, 0.5) is 0 Å². The standard InChI is InChI=1S/C25H31N3O4S/c1-19-16-20(2)18-28(17-19)33(31,32)23-10-8-22(9-11-23)25(30)27-14-12-26(13-15-27)24(29)21-6-4-3-5-7-21/h3-11,19-20H,12-18H2,1-2H3/t19-,20+. The van der Waals surface area contributed by atoms with Gasteiger partial charge in [-0.15, -0.1) is 0 Å². The number of amides is 2. The molecule has 0 saturated carbocycles.